The summed E-state index contributed by atoms with van der Waals surface area (Å²) in [6.07, 6.45) is 0. The van der Waals surface area contributed by atoms with Crippen molar-refractivity contribution in [1.82, 2.24) is 0 Å². The van der Waals surface area contributed by atoms with Crippen molar-refractivity contribution in [2.75, 3.05) is 4.90 Å². The molecule has 14 aromatic rings. The van der Waals surface area contributed by atoms with E-state index in [9.17, 15) is 0 Å². The van der Waals surface area contributed by atoms with Crippen LogP contribution in [-0.2, 0) is 5.41 Å². The Hall–Kier alpha value is -9.54. The Morgan fingerprint density at radius 1 is 0.316 bits per heavy atom. The zero-order chi connectivity index (χ0) is 50.2. The van der Waals surface area contributed by atoms with E-state index in [1.807, 2.05) is 23.5 Å². The second-order valence-electron chi connectivity index (χ2n) is 19.9. The Balaban J connectivity index is 0.829. The van der Waals surface area contributed by atoms with Crippen LogP contribution in [0.3, 0.4) is 0 Å². The number of rotatable bonds is 9. The highest BCUT2D eigenvalue weighted by Crippen LogP contribution is 2.59. The van der Waals surface area contributed by atoms with Gasteiger partial charge >= 0.3 is 0 Å². The number of anilines is 3. The van der Waals surface area contributed by atoms with Gasteiger partial charge in [0.1, 0.15) is 11.2 Å². The Morgan fingerprint density at radius 2 is 0.789 bits per heavy atom. The van der Waals surface area contributed by atoms with Crippen LogP contribution in [0.25, 0.3) is 97.7 Å². The van der Waals surface area contributed by atoms with Crippen LogP contribution in [0.5, 0.6) is 0 Å². The average molecular weight is 986 g/mol. The molecule has 1 aliphatic carbocycles. The quantitative estimate of drug-likeness (QED) is 0.143. The molecule has 0 amide bonds. The molecule has 2 heterocycles. The van der Waals surface area contributed by atoms with Gasteiger partial charge in [-0.15, -0.1) is 11.3 Å². The molecule has 0 radical (unpaired) electrons. The van der Waals surface area contributed by atoms with Gasteiger partial charge in [-0.3, -0.25) is 0 Å². The van der Waals surface area contributed by atoms with Gasteiger partial charge in [0.25, 0.3) is 0 Å². The molecular weight excluding hydrogens is 939 g/mol. The molecule has 0 spiro atoms. The van der Waals surface area contributed by atoms with E-state index in [0.29, 0.717) is 0 Å². The lowest BCUT2D eigenvalue weighted by molar-refractivity contribution is 0.669. The standard InChI is InChI=1S/C73H47NOS/c1-3-15-55(16-4-1)73(56-17-5-2-6-18-56)65-24-10-7-21-63(65)71-66(73)25-14-26-67(71)74(57-42-37-50(38-43-57)48-29-31-52(32-30-48)54-41-46-69-64(47-54)60-19-8-11-27-68(60)75-69)58-44-39-51(40-45-58)49-33-35-53(36-34-49)59-22-13-23-62-61-20-9-12-28-70(61)76-72(59)62/h1-47H. The number of furan rings is 1. The molecule has 2 nitrogen and oxygen atoms in total. The lowest BCUT2D eigenvalue weighted by Gasteiger charge is -2.34. The Bertz CT molecular complexity index is 4440. The fourth-order valence-electron chi connectivity index (χ4n) is 12.3. The SMILES string of the molecule is c1ccc(C2(c3ccccc3)c3ccccc3-c3c(N(c4ccc(-c5ccc(-c6ccc7oc8ccccc8c7c6)cc5)cc4)c4ccc(-c5ccc(-c6cccc7c6sc6ccccc67)cc5)cc4)cccc32)cc1. The lowest BCUT2D eigenvalue weighted by Crippen LogP contribution is -2.28. The molecule has 0 saturated heterocycles. The van der Waals surface area contributed by atoms with Gasteiger partial charge in [0.15, 0.2) is 0 Å². The van der Waals surface area contributed by atoms with E-state index in [0.717, 1.165) is 50.1 Å². The van der Waals surface area contributed by atoms with Crippen molar-refractivity contribution in [3.8, 4) is 55.6 Å². The van der Waals surface area contributed by atoms with Crippen LogP contribution in [0.15, 0.2) is 290 Å². The summed E-state index contributed by atoms with van der Waals surface area (Å²) in [5.74, 6) is 0. The maximum atomic E-state index is 6.14. The van der Waals surface area contributed by atoms with Crippen LogP contribution in [0, 0.1) is 0 Å². The third-order valence-corrected chi connectivity index (χ3v) is 17.0. The van der Waals surface area contributed by atoms with Crippen LogP contribution in [0.1, 0.15) is 22.3 Å². The van der Waals surface area contributed by atoms with Crippen molar-refractivity contribution in [3.63, 3.8) is 0 Å². The molecule has 0 atom stereocenters. The number of fused-ring (bicyclic) bond motifs is 9. The van der Waals surface area contributed by atoms with Gasteiger partial charge in [-0.25, -0.2) is 0 Å². The van der Waals surface area contributed by atoms with Crippen LogP contribution in [0.2, 0.25) is 0 Å². The van der Waals surface area contributed by atoms with Crippen molar-refractivity contribution < 1.29 is 4.42 Å². The first-order chi connectivity index (χ1) is 37.7. The van der Waals surface area contributed by atoms with Crippen molar-refractivity contribution in [2.24, 2.45) is 0 Å². The summed E-state index contributed by atoms with van der Waals surface area (Å²) >= 11 is 1.88. The largest absolute Gasteiger partial charge is 0.456 e. The van der Waals surface area contributed by atoms with E-state index in [4.69, 9.17) is 4.42 Å². The minimum atomic E-state index is -0.525. The average Bonchev–Trinajstić information content (AvgIpc) is 4.33. The summed E-state index contributed by atoms with van der Waals surface area (Å²) in [6, 6.07) is 105. The Morgan fingerprint density at radius 3 is 1.46 bits per heavy atom. The molecule has 0 aliphatic heterocycles. The highest BCUT2D eigenvalue weighted by Gasteiger charge is 2.47. The maximum Gasteiger partial charge on any atom is 0.135 e. The van der Waals surface area contributed by atoms with Crippen LogP contribution >= 0.6 is 11.3 Å². The molecule has 356 valence electrons. The monoisotopic (exact) mass is 985 g/mol. The van der Waals surface area contributed by atoms with Crippen LogP contribution in [-0.4, -0.2) is 0 Å². The lowest BCUT2D eigenvalue weighted by atomic mass is 9.68. The van der Waals surface area contributed by atoms with E-state index in [1.54, 1.807) is 0 Å². The van der Waals surface area contributed by atoms with E-state index >= 15 is 0 Å². The zero-order valence-corrected chi connectivity index (χ0v) is 42.2. The van der Waals surface area contributed by atoms with E-state index in [2.05, 4.69) is 278 Å². The third-order valence-electron chi connectivity index (χ3n) is 15.8. The summed E-state index contributed by atoms with van der Waals surface area (Å²) in [5.41, 5.74) is 21.6. The second-order valence-corrected chi connectivity index (χ2v) is 21.0. The second kappa shape index (κ2) is 17.8. The number of thiophene rings is 1. The van der Waals surface area contributed by atoms with Gasteiger partial charge in [-0.05, 0) is 127 Å². The predicted molar refractivity (Wildman–Crippen MR) is 320 cm³/mol. The summed E-state index contributed by atoms with van der Waals surface area (Å²) in [5, 5.41) is 4.92. The highest BCUT2D eigenvalue weighted by atomic mass is 32.1. The zero-order valence-electron chi connectivity index (χ0n) is 41.4. The number of nitrogens with zero attached hydrogens (tertiary/aromatic N) is 1. The minimum Gasteiger partial charge on any atom is -0.456 e. The molecule has 15 rings (SSSR count). The molecule has 12 aromatic carbocycles. The van der Waals surface area contributed by atoms with Gasteiger partial charge in [0.05, 0.1) is 11.1 Å². The van der Waals surface area contributed by atoms with Crippen molar-refractivity contribution >= 4 is 70.5 Å². The number of hydrogen-bond donors (Lipinski definition) is 0. The van der Waals surface area contributed by atoms with E-state index in [1.165, 1.54) is 86.9 Å². The first kappa shape index (κ1) is 44.0. The summed E-state index contributed by atoms with van der Waals surface area (Å²) in [6.45, 7) is 0. The summed E-state index contributed by atoms with van der Waals surface area (Å²) in [7, 11) is 0. The molecular formula is C73H47NOS. The predicted octanol–water partition coefficient (Wildman–Crippen LogP) is 20.5. The molecule has 3 heteroatoms. The number of hydrogen-bond acceptors (Lipinski definition) is 3. The first-order valence-corrected chi connectivity index (χ1v) is 26.9. The molecule has 0 saturated carbocycles. The minimum absolute atomic E-state index is 0.525. The first-order valence-electron chi connectivity index (χ1n) is 26.1. The smallest absolute Gasteiger partial charge is 0.135 e. The van der Waals surface area contributed by atoms with Gasteiger partial charge < -0.3 is 9.32 Å². The van der Waals surface area contributed by atoms with Gasteiger partial charge in [0, 0.05) is 47.9 Å². The van der Waals surface area contributed by atoms with Gasteiger partial charge in [0.2, 0.25) is 0 Å². The molecule has 0 N–H and O–H groups in total. The molecule has 0 unspecified atom stereocenters. The normalized spacial score (nSPS) is 12.6. The fraction of sp³-hybridized carbons (Fsp3) is 0.0137. The fourth-order valence-corrected chi connectivity index (χ4v) is 13.5. The summed E-state index contributed by atoms with van der Waals surface area (Å²) < 4.78 is 8.80. The van der Waals surface area contributed by atoms with Crippen molar-refractivity contribution in [3.05, 3.63) is 307 Å². The van der Waals surface area contributed by atoms with Crippen molar-refractivity contribution in [2.45, 2.75) is 5.41 Å². The number of benzene rings is 12. The van der Waals surface area contributed by atoms with Crippen LogP contribution in [0.4, 0.5) is 17.1 Å². The maximum absolute atomic E-state index is 6.14. The highest BCUT2D eigenvalue weighted by molar-refractivity contribution is 7.26. The Labute approximate surface area is 445 Å². The van der Waals surface area contributed by atoms with E-state index in [-0.39, 0.29) is 0 Å². The van der Waals surface area contributed by atoms with Gasteiger partial charge in [-0.1, -0.05) is 231 Å². The third kappa shape index (κ3) is 7.01. The molecule has 0 fully saturated rings. The molecule has 1 aliphatic rings. The van der Waals surface area contributed by atoms with E-state index < -0.39 is 5.41 Å². The summed E-state index contributed by atoms with van der Waals surface area (Å²) in [4.78, 5) is 2.46. The van der Waals surface area contributed by atoms with Crippen molar-refractivity contribution in [1.29, 1.82) is 0 Å². The number of para-hydroxylation sites is 1. The Kier molecular flexibility index (Phi) is 10.3. The molecule has 76 heavy (non-hydrogen) atoms. The van der Waals surface area contributed by atoms with Gasteiger partial charge in [-0.2, -0.15) is 0 Å². The topological polar surface area (TPSA) is 16.4 Å². The van der Waals surface area contributed by atoms with Crippen LogP contribution < -0.4 is 4.90 Å². The molecule has 2 aromatic heterocycles. The molecule has 0 bridgehead atoms.